The van der Waals surface area contributed by atoms with Gasteiger partial charge in [-0.05, 0) is 87.9 Å². The van der Waals surface area contributed by atoms with Crippen LogP contribution in [0.3, 0.4) is 0 Å². The summed E-state index contributed by atoms with van der Waals surface area (Å²) < 4.78 is 12.3. The Morgan fingerprint density at radius 1 is 1.07 bits per heavy atom. The van der Waals surface area contributed by atoms with Gasteiger partial charge in [-0.15, -0.1) is 0 Å². The van der Waals surface area contributed by atoms with Gasteiger partial charge in [0.05, 0.1) is 17.8 Å². The van der Waals surface area contributed by atoms with Crippen molar-refractivity contribution in [2.45, 2.75) is 93.9 Å². The first-order valence-electron chi connectivity index (χ1n) is 17.0. The Balaban J connectivity index is 1.06. The third-order valence-corrected chi connectivity index (χ3v) is 11.5. The molecule has 45 heavy (non-hydrogen) atoms. The number of carbonyl (C=O) groups is 1. The van der Waals surface area contributed by atoms with Crippen LogP contribution < -0.4 is 19.9 Å². The molecule has 4 atom stereocenters. The second kappa shape index (κ2) is 11.8. The molecule has 1 aliphatic carbocycles. The zero-order valence-electron chi connectivity index (χ0n) is 26.6. The van der Waals surface area contributed by atoms with E-state index in [1.165, 1.54) is 47.4 Å². The molecule has 0 spiro atoms. The minimum atomic E-state index is -0.282. The number of amides is 1. The van der Waals surface area contributed by atoms with Crippen LogP contribution in [0.4, 0.5) is 16.3 Å². The van der Waals surface area contributed by atoms with Gasteiger partial charge in [0.1, 0.15) is 19.0 Å². The van der Waals surface area contributed by atoms with Gasteiger partial charge in [0, 0.05) is 68.1 Å². The summed E-state index contributed by atoms with van der Waals surface area (Å²) in [6, 6.07) is 8.12. The fraction of sp³-hybridized carbons (Fsp3) is 0.676. The average Bonchev–Trinajstić information content (AvgIpc) is 3.58. The van der Waals surface area contributed by atoms with E-state index < -0.39 is 0 Å². The number of benzene rings is 1. The van der Waals surface area contributed by atoms with E-state index in [1.807, 2.05) is 6.07 Å². The summed E-state index contributed by atoms with van der Waals surface area (Å²) in [5.74, 6) is 1.64. The number of aromatic nitrogens is 2. The molecule has 1 aromatic heterocycles. The molecule has 2 unspecified atom stereocenters. The van der Waals surface area contributed by atoms with Crippen LogP contribution in [-0.4, -0.2) is 103 Å². The number of anilines is 2. The Morgan fingerprint density at radius 3 is 2.67 bits per heavy atom. The Labute approximate surface area is 271 Å². The van der Waals surface area contributed by atoms with Crippen molar-refractivity contribution in [3.63, 3.8) is 0 Å². The number of hydrogen-bond donors (Lipinski definition) is 1. The molecule has 11 heteroatoms. The van der Waals surface area contributed by atoms with Crippen molar-refractivity contribution in [1.82, 2.24) is 25.1 Å². The maximum absolute atomic E-state index is 12.1. The summed E-state index contributed by atoms with van der Waals surface area (Å²) in [6.45, 7) is 5.61. The number of ether oxygens (including phenoxy) is 2. The molecule has 0 radical (unpaired) electrons. The molecule has 2 bridgehead atoms. The van der Waals surface area contributed by atoms with E-state index in [4.69, 9.17) is 31.0 Å². The first kappa shape index (κ1) is 29.6. The van der Waals surface area contributed by atoms with Crippen LogP contribution in [-0.2, 0) is 17.7 Å². The fourth-order valence-electron chi connectivity index (χ4n) is 8.75. The van der Waals surface area contributed by atoms with Gasteiger partial charge in [-0.2, -0.15) is 9.97 Å². The van der Waals surface area contributed by atoms with Crippen LogP contribution >= 0.6 is 11.6 Å². The number of rotatable bonds is 8. The Kier molecular flexibility index (Phi) is 7.73. The van der Waals surface area contributed by atoms with E-state index in [0.717, 1.165) is 81.4 Å². The number of hydrogen-bond acceptors (Lipinski definition) is 9. The predicted molar refractivity (Wildman–Crippen MR) is 175 cm³/mol. The highest BCUT2D eigenvalue weighted by Crippen LogP contribution is 2.48. The van der Waals surface area contributed by atoms with Gasteiger partial charge < -0.3 is 29.5 Å². The van der Waals surface area contributed by atoms with Gasteiger partial charge in [0.15, 0.2) is 0 Å². The molecule has 242 valence electrons. The molecule has 1 saturated carbocycles. The highest BCUT2D eigenvalue weighted by Gasteiger charge is 2.50. The summed E-state index contributed by atoms with van der Waals surface area (Å²) in [7, 11) is 3.45. The molecule has 5 fully saturated rings. The van der Waals surface area contributed by atoms with E-state index >= 15 is 0 Å². The number of nitrogens with zero attached hydrogens (tertiary/aromatic N) is 6. The largest absolute Gasteiger partial charge is 0.461 e. The van der Waals surface area contributed by atoms with Crippen LogP contribution in [0.5, 0.6) is 6.01 Å². The van der Waals surface area contributed by atoms with Crippen molar-refractivity contribution < 1.29 is 14.3 Å². The molecule has 1 aromatic carbocycles. The third kappa shape index (κ3) is 5.61. The molecule has 8 rings (SSSR count). The number of piperazine rings is 1. The molecule has 1 N–H and O–H groups in total. The lowest BCUT2D eigenvalue weighted by atomic mass is 9.95. The third-order valence-electron chi connectivity index (χ3n) is 11.2. The van der Waals surface area contributed by atoms with Crippen molar-refractivity contribution in [1.29, 1.82) is 0 Å². The summed E-state index contributed by atoms with van der Waals surface area (Å²) in [5.41, 5.74) is 4.86. The standard InChI is InChI=1S/C34H46ClN7O3/c1-39(2)33(43)44-20-25-11-14-34(13-4-15-42(25)34)21-45-32-37-28-19-40(29-6-3-5-27(35)30(29)22-7-8-22)16-12-26(28)31(38-32)41-17-23-9-10-24(18-41)36-23/h3,5-6,22-25,36H,4,7-21H2,1-2H3/t23-,24+,25?,34?. The molecule has 10 nitrogen and oxygen atoms in total. The van der Waals surface area contributed by atoms with Crippen LogP contribution in [0.15, 0.2) is 18.2 Å². The molecule has 1 amide bonds. The summed E-state index contributed by atoms with van der Waals surface area (Å²) in [5, 5.41) is 4.66. The maximum Gasteiger partial charge on any atom is 0.409 e. The van der Waals surface area contributed by atoms with Crippen LogP contribution in [0.25, 0.3) is 0 Å². The lowest BCUT2D eigenvalue weighted by Crippen LogP contribution is -2.52. The molecular formula is C34H46ClN7O3. The van der Waals surface area contributed by atoms with E-state index in [-0.39, 0.29) is 17.7 Å². The van der Waals surface area contributed by atoms with Crippen molar-refractivity contribution in [2.24, 2.45) is 0 Å². The average molecular weight is 636 g/mol. The van der Waals surface area contributed by atoms with Gasteiger partial charge in [-0.3, -0.25) is 4.90 Å². The predicted octanol–water partition coefficient (Wildman–Crippen LogP) is 4.58. The maximum atomic E-state index is 12.1. The molecule has 2 aromatic rings. The number of fused-ring (bicyclic) bond motifs is 4. The van der Waals surface area contributed by atoms with Crippen LogP contribution in [0.2, 0.25) is 5.02 Å². The van der Waals surface area contributed by atoms with E-state index in [1.54, 1.807) is 14.1 Å². The van der Waals surface area contributed by atoms with E-state index in [9.17, 15) is 4.79 Å². The first-order chi connectivity index (χ1) is 21.9. The normalized spacial score (nSPS) is 29.1. The second-order valence-electron chi connectivity index (χ2n) is 14.4. The summed E-state index contributed by atoms with van der Waals surface area (Å²) in [6.07, 6.45) is 9.76. The fourth-order valence-corrected chi connectivity index (χ4v) is 9.08. The smallest absolute Gasteiger partial charge is 0.409 e. The highest BCUT2D eigenvalue weighted by atomic mass is 35.5. The van der Waals surface area contributed by atoms with E-state index in [0.29, 0.717) is 37.2 Å². The van der Waals surface area contributed by atoms with E-state index in [2.05, 4.69) is 32.1 Å². The molecule has 5 aliphatic heterocycles. The van der Waals surface area contributed by atoms with Crippen molar-refractivity contribution in [2.75, 3.05) is 63.3 Å². The van der Waals surface area contributed by atoms with Crippen molar-refractivity contribution in [3.8, 4) is 6.01 Å². The second-order valence-corrected chi connectivity index (χ2v) is 14.8. The lowest BCUT2D eigenvalue weighted by Gasteiger charge is -2.38. The first-order valence-corrected chi connectivity index (χ1v) is 17.4. The highest BCUT2D eigenvalue weighted by molar-refractivity contribution is 6.31. The Hall–Kier alpha value is -2.82. The van der Waals surface area contributed by atoms with Gasteiger partial charge >= 0.3 is 12.1 Å². The van der Waals surface area contributed by atoms with Crippen molar-refractivity contribution in [3.05, 3.63) is 40.0 Å². The number of carbonyl (C=O) groups excluding carboxylic acids is 1. The summed E-state index contributed by atoms with van der Waals surface area (Å²) >= 11 is 6.76. The van der Waals surface area contributed by atoms with Gasteiger partial charge in [-0.25, -0.2) is 4.79 Å². The Bertz CT molecular complexity index is 1440. The minimum Gasteiger partial charge on any atom is -0.461 e. The zero-order chi connectivity index (χ0) is 30.7. The van der Waals surface area contributed by atoms with Gasteiger partial charge in [0.25, 0.3) is 0 Å². The molecule has 6 heterocycles. The molecule has 4 saturated heterocycles. The lowest BCUT2D eigenvalue weighted by molar-refractivity contribution is 0.0483. The molecular weight excluding hydrogens is 590 g/mol. The van der Waals surface area contributed by atoms with Crippen LogP contribution in [0, 0.1) is 0 Å². The van der Waals surface area contributed by atoms with Gasteiger partial charge in [0.2, 0.25) is 0 Å². The van der Waals surface area contributed by atoms with Crippen LogP contribution in [0.1, 0.15) is 74.1 Å². The number of halogens is 1. The number of nitrogens with one attached hydrogen (secondary N) is 1. The van der Waals surface area contributed by atoms with Crippen molar-refractivity contribution >= 4 is 29.2 Å². The van der Waals surface area contributed by atoms with Gasteiger partial charge in [-0.1, -0.05) is 17.7 Å². The summed E-state index contributed by atoms with van der Waals surface area (Å²) in [4.78, 5) is 31.4. The minimum absolute atomic E-state index is 0.0608. The Morgan fingerprint density at radius 2 is 1.89 bits per heavy atom. The topological polar surface area (TPSA) is 86.3 Å². The molecule has 6 aliphatic rings. The monoisotopic (exact) mass is 635 g/mol. The quantitative estimate of drug-likeness (QED) is 0.448. The zero-order valence-corrected chi connectivity index (χ0v) is 27.4. The SMILES string of the molecule is CN(C)C(=O)OCC1CCC2(COc3nc4c(c(N5C[C@H]6CC[C@@H](C5)N6)n3)CCN(c3cccc(Cl)c3C3CC3)C4)CCCN12.